The number of aliphatic carboxylic acids is 1. The molecule has 0 saturated carbocycles. The van der Waals surface area contributed by atoms with Crippen LogP contribution in [0.1, 0.15) is 38.3 Å². The molecule has 0 aliphatic heterocycles. The molecule has 3 heteroatoms. The summed E-state index contributed by atoms with van der Waals surface area (Å²) < 4.78 is 0. The predicted octanol–water partition coefficient (Wildman–Crippen LogP) is 3.65. The molecular formula is C17H25NO2. The van der Waals surface area contributed by atoms with E-state index in [9.17, 15) is 4.79 Å². The number of hydrogen-bond donors (Lipinski definition) is 1. The lowest BCUT2D eigenvalue weighted by atomic mass is 10.0. The van der Waals surface area contributed by atoms with Gasteiger partial charge in [0, 0.05) is 19.2 Å². The largest absolute Gasteiger partial charge is 0.478 e. The van der Waals surface area contributed by atoms with Crippen molar-refractivity contribution in [2.45, 2.75) is 33.7 Å². The van der Waals surface area contributed by atoms with Crippen molar-refractivity contribution in [2.75, 3.05) is 13.1 Å². The van der Waals surface area contributed by atoms with E-state index in [0.717, 1.165) is 25.2 Å². The number of carbonyl (C=O) groups is 1. The quantitative estimate of drug-likeness (QED) is 0.736. The van der Waals surface area contributed by atoms with Crippen molar-refractivity contribution in [3.8, 4) is 0 Å². The van der Waals surface area contributed by atoms with Crippen molar-refractivity contribution in [2.24, 2.45) is 5.92 Å². The third-order valence-electron chi connectivity index (χ3n) is 3.57. The summed E-state index contributed by atoms with van der Waals surface area (Å²) in [5.74, 6) is -0.233. The average Bonchev–Trinajstić information content (AvgIpc) is 2.45. The molecule has 110 valence electrons. The maximum atomic E-state index is 10.6. The first-order chi connectivity index (χ1) is 9.56. The molecule has 1 atom stereocenters. The minimum absolute atomic E-state index is 0.677. The van der Waals surface area contributed by atoms with Gasteiger partial charge in [0.2, 0.25) is 0 Å². The highest BCUT2D eigenvalue weighted by Crippen LogP contribution is 2.15. The molecule has 0 fully saturated rings. The summed E-state index contributed by atoms with van der Waals surface area (Å²) >= 11 is 0. The molecular weight excluding hydrogens is 250 g/mol. The van der Waals surface area contributed by atoms with Crippen LogP contribution in [0.3, 0.4) is 0 Å². The monoisotopic (exact) mass is 275 g/mol. The molecule has 0 aromatic heterocycles. The maximum absolute atomic E-state index is 10.6. The number of rotatable bonds is 8. The molecule has 0 radical (unpaired) electrons. The van der Waals surface area contributed by atoms with Crippen LogP contribution in [-0.4, -0.2) is 29.1 Å². The van der Waals surface area contributed by atoms with Gasteiger partial charge in [0.15, 0.2) is 0 Å². The van der Waals surface area contributed by atoms with E-state index >= 15 is 0 Å². The van der Waals surface area contributed by atoms with E-state index in [-0.39, 0.29) is 0 Å². The summed E-state index contributed by atoms with van der Waals surface area (Å²) in [5.41, 5.74) is 2.16. The molecule has 0 aliphatic rings. The Labute approximate surface area is 121 Å². The Morgan fingerprint density at radius 2 is 2.05 bits per heavy atom. The minimum atomic E-state index is -0.910. The third kappa shape index (κ3) is 5.57. The summed E-state index contributed by atoms with van der Waals surface area (Å²) in [4.78, 5) is 13.1. The lowest BCUT2D eigenvalue weighted by Crippen LogP contribution is -2.28. The van der Waals surface area contributed by atoms with Gasteiger partial charge in [-0.2, -0.15) is 0 Å². The van der Waals surface area contributed by atoms with Crippen molar-refractivity contribution >= 4 is 12.0 Å². The molecule has 0 heterocycles. The van der Waals surface area contributed by atoms with Crippen molar-refractivity contribution in [3.05, 3.63) is 41.5 Å². The van der Waals surface area contributed by atoms with E-state index in [1.54, 1.807) is 6.08 Å². The molecule has 1 aromatic rings. The van der Waals surface area contributed by atoms with Crippen molar-refractivity contribution in [1.29, 1.82) is 0 Å². The summed E-state index contributed by atoms with van der Waals surface area (Å²) in [6.45, 7) is 9.57. The van der Waals surface area contributed by atoms with Gasteiger partial charge >= 0.3 is 5.97 Å². The van der Waals surface area contributed by atoms with Gasteiger partial charge in [-0.3, -0.25) is 4.90 Å². The molecule has 3 nitrogen and oxygen atoms in total. The Kier molecular flexibility index (Phi) is 7.02. The van der Waals surface area contributed by atoms with Crippen molar-refractivity contribution in [3.63, 3.8) is 0 Å². The zero-order valence-electron chi connectivity index (χ0n) is 12.7. The highest BCUT2D eigenvalue weighted by molar-refractivity contribution is 5.85. The maximum Gasteiger partial charge on any atom is 0.328 e. The zero-order valence-corrected chi connectivity index (χ0v) is 12.7. The van der Waals surface area contributed by atoms with Gasteiger partial charge in [0.05, 0.1) is 0 Å². The van der Waals surface area contributed by atoms with Gasteiger partial charge in [0.1, 0.15) is 0 Å². The van der Waals surface area contributed by atoms with Crippen molar-refractivity contribution in [1.82, 2.24) is 4.90 Å². The zero-order chi connectivity index (χ0) is 15.0. The number of carboxylic acid groups (broad SMARTS) is 1. The van der Waals surface area contributed by atoms with Gasteiger partial charge in [-0.15, -0.1) is 0 Å². The molecule has 1 N–H and O–H groups in total. The van der Waals surface area contributed by atoms with E-state index in [4.69, 9.17) is 5.11 Å². The topological polar surface area (TPSA) is 40.5 Å². The van der Waals surface area contributed by atoms with Crippen LogP contribution in [0.2, 0.25) is 0 Å². The van der Waals surface area contributed by atoms with Crippen molar-refractivity contribution < 1.29 is 9.90 Å². The Morgan fingerprint density at radius 3 is 2.65 bits per heavy atom. The van der Waals surface area contributed by atoms with Gasteiger partial charge in [-0.1, -0.05) is 51.5 Å². The van der Waals surface area contributed by atoms with Crippen LogP contribution < -0.4 is 0 Å². The van der Waals surface area contributed by atoms with Crippen LogP contribution in [0.4, 0.5) is 0 Å². The fourth-order valence-corrected chi connectivity index (χ4v) is 2.12. The number of carboxylic acids is 1. The second-order valence-electron chi connectivity index (χ2n) is 5.21. The second-order valence-corrected chi connectivity index (χ2v) is 5.21. The van der Waals surface area contributed by atoms with Crippen LogP contribution in [0, 0.1) is 5.92 Å². The molecule has 0 saturated heterocycles. The van der Waals surface area contributed by atoms with Crippen LogP contribution in [0.15, 0.2) is 30.3 Å². The molecule has 0 spiro atoms. The molecule has 20 heavy (non-hydrogen) atoms. The Bertz CT molecular complexity index is 454. The Balaban J connectivity index is 2.82. The van der Waals surface area contributed by atoms with Gasteiger partial charge < -0.3 is 5.11 Å². The Hall–Kier alpha value is -1.61. The second kappa shape index (κ2) is 8.54. The highest BCUT2D eigenvalue weighted by Gasteiger charge is 2.09. The molecule has 1 aromatic carbocycles. The third-order valence-corrected chi connectivity index (χ3v) is 3.57. The highest BCUT2D eigenvalue weighted by atomic mass is 16.4. The molecule has 0 bridgehead atoms. The SMILES string of the molecule is CCC(C)CN(CC)Cc1ccccc1C=CC(=O)O. The first kappa shape index (κ1) is 16.4. The first-order valence-electron chi connectivity index (χ1n) is 7.28. The Morgan fingerprint density at radius 1 is 1.35 bits per heavy atom. The van der Waals surface area contributed by atoms with Crippen LogP contribution in [0.25, 0.3) is 6.08 Å². The fraction of sp³-hybridized carbons (Fsp3) is 0.471. The van der Waals surface area contributed by atoms with E-state index in [0.29, 0.717) is 5.92 Å². The molecule has 0 amide bonds. The van der Waals surface area contributed by atoms with Gasteiger partial charge in [-0.25, -0.2) is 4.79 Å². The fourth-order valence-electron chi connectivity index (χ4n) is 2.12. The van der Waals surface area contributed by atoms with Gasteiger partial charge in [-0.05, 0) is 29.7 Å². The standard InChI is InChI=1S/C17H25NO2/c1-4-14(3)12-18(5-2)13-16-9-7-6-8-15(16)10-11-17(19)20/h6-11,14H,4-5,12-13H2,1-3H3,(H,19,20). The van der Waals surface area contributed by atoms with Crippen LogP contribution in [0.5, 0.6) is 0 Å². The lowest BCUT2D eigenvalue weighted by Gasteiger charge is -2.24. The van der Waals surface area contributed by atoms with E-state index in [1.807, 2.05) is 18.2 Å². The van der Waals surface area contributed by atoms with Crippen LogP contribution in [-0.2, 0) is 11.3 Å². The normalized spacial score (nSPS) is 13.0. The first-order valence-corrected chi connectivity index (χ1v) is 7.28. The summed E-state index contributed by atoms with van der Waals surface area (Å²) in [6.07, 6.45) is 4.05. The van der Waals surface area contributed by atoms with E-state index in [1.165, 1.54) is 18.1 Å². The minimum Gasteiger partial charge on any atom is -0.478 e. The van der Waals surface area contributed by atoms with E-state index in [2.05, 4.69) is 31.7 Å². The smallest absolute Gasteiger partial charge is 0.328 e. The number of benzene rings is 1. The van der Waals surface area contributed by atoms with Crippen LogP contribution >= 0.6 is 0 Å². The average molecular weight is 275 g/mol. The van der Waals surface area contributed by atoms with E-state index < -0.39 is 5.97 Å². The molecule has 0 aliphatic carbocycles. The summed E-state index contributed by atoms with van der Waals surface area (Å²) in [6, 6.07) is 7.98. The molecule has 1 unspecified atom stereocenters. The summed E-state index contributed by atoms with van der Waals surface area (Å²) in [5, 5.41) is 8.75. The number of nitrogens with zero attached hydrogens (tertiary/aromatic N) is 1. The predicted molar refractivity (Wildman–Crippen MR) is 83.5 cm³/mol. The van der Waals surface area contributed by atoms with Gasteiger partial charge in [0.25, 0.3) is 0 Å². The summed E-state index contributed by atoms with van der Waals surface area (Å²) in [7, 11) is 0. The molecule has 1 rings (SSSR count). The lowest BCUT2D eigenvalue weighted by molar-refractivity contribution is -0.131. The number of hydrogen-bond acceptors (Lipinski definition) is 2.